The number of carbonyl (C=O) groups is 1. The van der Waals surface area contributed by atoms with E-state index in [-0.39, 0.29) is 5.97 Å². The van der Waals surface area contributed by atoms with Crippen LogP contribution in [0.25, 0.3) is 0 Å². The van der Waals surface area contributed by atoms with Crippen molar-refractivity contribution >= 4 is 22.6 Å². The van der Waals surface area contributed by atoms with Gasteiger partial charge in [0.1, 0.15) is 11.5 Å². The molecular formula is C17H30O4Si2. The molecule has 1 aromatic carbocycles. The molecule has 0 saturated carbocycles. The first-order valence-electron chi connectivity index (χ1n) is 8.17. The second kappa shape index (κ2) is 8.01. The van der Waals surface area contributed by atoms with Crippen LogP contribution in [-0.2, 0) is 16.0 Å². The van der Waals surface area contributed by atoms with Gasteiger partial charge in [-0.2, -0.15) is 0 Å². The van der Waals surface area contributed by atoms with Crippen LogP contribution in [-0.4, -0.2) is 29.2 Å². The maximum Gasteiger partial charge on any atom is 0.306 e. The molecule has 1 aromatic rings. The Hall–Kier alpha value is -1.28. The van der Waals surface area contributed by atoms with Crippen LogP contribution in [0.5, 0.6) is 11.5 Å². The topological polar surface area (TPSA) is 44.8 Å². The van der Waals surface area contributed by atoms with Crippen LogP contribution >= 0.6 is 0 Å². The second-order valence-electron chi connectivity index (χ2n) is 7.51. The normalized spacial score (nSPS) is 12.0. The summed E-state index contributed by atoms with van der Waals surface area (Å²) < 4.78 is 17.3. The fourth-order valence-corrected chi connectivity index (χ4v) is 3.66. The Kier molecular flexibility index (Phi) is 6.89. The summed E-state index contributed by atoms with van der Waals surface area (Å²) in [5.41, 5.74) is 1.06. The predicted molar refractivity (Wildman–Crippen MR) is 99.3 cm³/mol. The first-order valence-corrected chi connectivity index (χ1v) is 15.0. The summed E-state index contributed by atoms with van der Waals surface area (Å²) in [7, 11) is -3.45. The average Bonchev–Trinajstić information content (AvgIpc) is 2.36. The highest BCUT2D eigenvalue weighted by molar-refractivity contribution is 6.71. The van der Waals surface area contributed by atoms with Crippen LogP contribution in [0.4, 0.5) is 0 Å². The van der Waals surface area contributed by atoms with E-state index in [1.54, 1.807) is 0 Å². The summed E-state index contributed by atoms with van der Waals surface area (Å²) in [6.07, 6.45) is 1.03. The fraction of sp³-hybridized carbons (Fsp3) is 0.588. The molecule has 0 atom stereocenters. The molecule has 0 heterocycles. The molecule has 0 radical (unpaired) electrons. The summed E-state index contributed by atoms with van der Waals surface area (Å²) in [4.78, 5) is 11.5. The van der Waals surface area contributed by atoms with Gasteiger partial charge in [0.15, 0.2) is 0 Å². The van der Waals surface area contributed by atoms with E-state index in [0.29, 0.717) is 19.4 Å². The van der Waals surface area contributed by atoms with Crippen LogP contribution in [0.2, 0.25) is 39.3 Å². The quantitative estimate of drug-likeness (QED) is 0.505. The third-order valence-corrected chi connectivity index (χ3v) is 4.43. The average molecular weight is 355 g/mol. The van der Waals surface area contributed by atoms with E-state index < -0.39 is 16.6 Å². The van der Waals surface area contributed by atoms with Gasteiger partial charge in [0.25, 0.3) is 0 Å². The highest BCUT2D eigenvalue weighted by atomic mass is 28.4. The number of esters is 1. The lowest BCUT2D eigenvalue weighted by Crippen LogP contribution is -2.32. The number of hydrogen-bond acceptors (Lipinski definition) is 4. The molecule has 0 saturated heterocycles. The Labute approximate surface area is 142 Å². The van der Waals surface area contributed by atoms with E-state index in [4.69, 9.17) is 13.6 Å². The minimum Gasteiger partial charge on any atom is -0.542 e. The Morgan fingerprint density at radius 1 is 0.957 bits per heavy atom. The maximum atomic E-state index is 11.5. The third kappa shape index (κ3) is 8.22. The van der Waals surface area contributed by atoms with Crippen molar-refractivity contribution in [2.75, 3.05) is 6.61 Å². The van der Waals surface area contributed by atoms with Crippen LogP contribution in [0.15, 0.2) is 18.2 Å². The van der Waals surface area contributed by atoms with Gasteiger partial charge in [-0.15, -0.1) is 0 Å². The lowest BCUT2D eigenvalue weighted by molar-refractivity contribution is -0.143. The summed E-state index contributed by atoms with van der Waals surface area (Å²) in [5.74, 6) is 1.45. The number of benzene rings is 1. The van der Waals surface area contributed by atoms with Crippen molar-refractivity contribution in [3.05, 3.63) is 23.8 Å². The molecule has 0 spiro atoms. The van der Waals surface area contributed by atoms with Gasteiger partial charge in [0.05, 0.1) is 6.61 Å². The molecule has 0 aliphatic rings. The summed E-state index contributed by atoms with van der Waals surface area (Å²) >= 11 is 0. The molecule has 6 heteroatoms. The zero-order valence-electron chi connectivity index (χ0n) is 15.5. The molecule has 130 valence electrons. The van der Waals surface area contributed by atoms with E-state index in [2.05, 4.69) is 39.3 Å². The zero-order valence-corrected chi connectivity index (χ0v) is 17.5. The van der Waals surface area contributed by atoms with Gasteiger partial charge >= 0.3 is 5.97 Å². The molecule has 0 aromatic heterocycles. The Morgan fingerprint density at radius 2 is 1.52 bits per heavy atom. The van der Waals surface area contributed by atoms with Crippen molar-refractivity contribution < 1.29 is 18.4 Å². The van der Waals surface area contributed by atoms with E-state index in [1.165, 1.54) is 0 Å². The highest BCUT2D eigenvalue weighted by Crippen LogP contribution is 2.33. The van der Waals surface area contributed by atoms with E-state index in [0.717, 1.165) is 17.1 Å². The minimum atomic E-state index is -1.74. The fourth-order valence-electron chi connectivity index (χ4n) is 2.01. The molecular weight excluding hydrogens is 324 g/mol. The first kappa shape index (κ1) is 19.8. The first-order chi connectivity index (χ1) is 10.5. The minimum absolute atomic E-state index is 0.164. The monoisotopic (exact) mass is 354 g/mol. The van der Waals surface area contributed by atoms with Crippen LogP contribution < -0.4 is 8.85 Å². The molecule has 0 aliphatic heterocycles. The van der Waals surface area contributed by atoms with Gasteiger partial charge in [-0.1, -0.05) is 6.07 Å². The lowest BCUT2D eigenvalue weighted by atomic mass is 10.1. The van der Waals surface area contributed by atoms with Crippen molar-refractivity contribution in [2.24, 2.45) is 0 Å². The molecule has 0 unspecified atom stereocenters. The third-order valence-electron chi connectivity index (χ3n) is 2.76. The Bertz CT molecular complexity index is 530. The van der Waals surface area contributed by atoms with Crippen molar-refractivity contribution in [3.63, 3.8) is 0 Å². The molecule has 1 rings (SSSR count). The predicted octanol–water partition coefficient (Wildman–Crippen LogP) is 4.61. The van der Waals surface area contributed by atoms with E-state index >= 15 is 0 Å². The molecule has 23 heavy (non-hydrogen) atoms. The van der Waals surface area contributed by atoms with Gasteiger partial charge < -0.3 is 13.6 Å². The molecule has 0 N–H and O–H groups in total. The molecule has 0 amide bonds. The van der Waals surface area contributed by atoms with Gasteiger partial charge in [0, 0.05) is 6.42 Å². The second-order valence-corrected chi connectivity index (χ2v) is 16.4. The Morgan fingerprint density at radius 3 is 2.04 bits per heavy atom. The van der Waals surface area contributed by atoms with Crippen LogP contribution in [0, 0.1) is 0 Å². The van der Waals surface area contributed by atoms with Crippen molar-refractivity contribution in [1.29, 1.82) is 0 Å². The molecule has 4 nitrogen and oxygen atoms in total. The number of aryl methyl sites for hydroxylation is 1. The summed E-state index contributed by atoms with van der Waals surface area (Å²) in [6, 6.07) is 5.98. The highest BCUT2D eigenvalue weighted by Gasteiger charge is 2.23. The van der Waals surface area contributed by atoms with Crippen LogP contribution in [0.3, 0.4) is 0 Å². The van der Waals surface area contributed by atoms with Crippen molar-refractivity contribution in [3.8, 4) is 11.5 Å². The van der Waals surface area contributed by atoms with Crippen molar-refractivity contribution in [2.45, 2.75) is 59.0 Å². The van der Waals surface area contributed by atoms with Gasteiger partial charge in [-0.05, 0) is 70.3 Å². The summed E-state index contributed by atoms with van der Waals surface area (Å²) in [5, 5.41) is 0. The van der Waals surface area contributed by atoms with Gasteiger partial charge in [0.2, 0.25) is 16.6 Å². The molecule has 0 bridgehead atoms. The van der Waals surface area contributed by atoms with Gasteiger partial charge in [-0.3, -0.25) is 4.79 Å². The smallest absolute Gasteiger partial charge is 0.306 e. The number of hydrogen-bond donors (Lipinski definition) is 0. The maximum absolute atomic E-state index is 11.5. The molecule has 0 aliphatic carbocycles. The SMILES string of the molecule is CCOC(=O)CCc1ccc(O[Si](C)(C)C)c(O[Si](C)(C)C)c1. The largest absolute Gasteiger partial charge is 0.542 e. The van der Waals surface area contributed by atoms with E-state index in [1.807, 2.05) is 25.1 Å². The molecule has 0 fully saturated rings. The number of rotatable bonds is 8. The lowest BCUT2D eigenvalue weighted by Gasteiger charge is -2.26. The zero-order chi connectivity index (χ0) is 17.7. The standard InChI is InChI=1S/C17H30O4Si2/c1-8-19-17(18)12-10-14-9-11-15(20-22(2,3)4)16(13-14)21-23(5,6)7/h9,11,13H,8,10,12H2,1-7H3. The number of carbonyl (C=O) groups excluding carboxylic acids is 1. The van der Waals surface area contributed by atoms with Crippen LogP contribution in [0.1, 0.15) is 18.9 Å². The number of ether oxygens (including phenoxy) is 1. The van der Waals surface area contributed by atoms with E-state index in [9.17, 15) is 4.79 Å². The summed E-state index contributed by atoms with van der Waals surface area (Å²) in [6.45, 7) is 15.1. The van der Waals surface area contributed by atoms with Crippen molar-refractivity contribution in [1.82, 2.24) is 0 Å². The Balaban J connectivity index is 2.95. The van der Waals surface area contributed by atoms with Gasteiger partial charge in [-0.25, -0.2) is 0 Å².